The van der Waals surface area contributed by atoms with Crippen LogP contribution in [0, 0.1) is 5.92 Å². The lowest BCUT2D eigenvalue weighted by Gasteiger charge is -2.25. The van der Waals surface area contributed by atoms with Gasteiger partial charge in [0.15, 0.2) is 0 Å². The highest BCUT2D eigenvalue weighted by molar-refractivity contribution is 5.78. The van der Waals surface area contributed by atoms with Crippen molar-refractivity contribution in [1.82, 2.24) is 10.4 Å². The monoisotopic (exact) mass is 184 g/mol. The minimum absolute atomic E-state index is 0.145. The molecule has 1 atom stereocenters. The number of carbonyl (C=O) groups is 1. The van der Waals surface area contributed by atoms with Gasteiger partial charge in [-0.15, -0.1) is 0 Å². The Morgan fingerprint density at radius 2 is 2.38 bits per heavy atom. The van der Waals surface area contributed by atoms with Gasteiger partial charge in [-0.2, -0.15) is 0 Å². The van der Waals surface area contributed by atoms with Gasteiger partial charge in [-0.25, -0.2) is 5.06 Å². The third-order valence-electron chi connectivity index (χ3n) is 2.64. The van der Waals surface area contributed by atoms with E-state index < -0.39 is 0 Å². The first kappa shape index (κ1) is 8.97. The molecule has 2 aliphatic rings. The minimum atomic E-state index is 0.145. The maximum atomic E-state index is 11.8. The van der Waals surface area contributed by atoms with Gasteiger partial charge in [-0.3, -0.25) is 9.63 Å². The maximum absolute atomic E-state index is 11.8. The summed E-state index contributed by atoms with van der Waals surface area (Å²) >= 11 is 0. The first-order chi connectivity index (χ1) is 6.38. The topological polar surface area (TPSA) is 41.6 Å². The van der Waals surface area contributed by atoms with Crippen molar-refractivity contribution in [1.29, 1.82) is 0 Å². The van der Waals surface area contributed by atoms with Crippen molar-refractivity contribution in [2.45, 2.75) is 19.3 Å². The Kier molecular flexibility index (Phi) is 2.80. The minimum Gasteiger partial charge on any atom is -0.316 e. The second kappa shape index (κ2) is 4.07. The van der Waals surface area contributed by atoms with Crippen LogP contribution in [-0.4, -0.2) is 37.2 Å². The zero-order valence-electron chi connectivity index (χ0n) is 7.79. The second-order valence-corrected chi connectivity index (χ2v) is 3.67. The highest BCUT2D eigenvalue weighted by Gasteiger charge is 2.28. The van der Waals surface area contributed by atoms with Gasteiger partial charge in [-0.05, 0) is 25.8 Å². The van der Waals surface area contributed by atoms with Crippen LogP contribution in [0.3, 0.4) is 0 Å². The Hall–Kier alpha value is -0.610. The largest absolute Gasteiger partial charge is 0.316 e. The molecule has 2 heterocycles. The molecule has 2 saturated heterocycles. The molecule has 2 fully saturated rings. The fraction of sp³-hybridized carbons (Fsp3) is 0.889. The first-order valence-corrected chi connectivity index (χ1v) is 5.03. The third-order valence-corrected chi connectivity index (χ3v) is 2.64. The van der Waals surface area contributed by atoms with Crippen molar-refractivity contribution in [2.75, 3.05) is 26.2 Å². The summed E-state index contributed by atoms with van der Waals surface area (Å²) in [4.78, 5) is 17.0. The molecule has 0 bridgehead atoms. The average molecular weight is 184 g/mol. The fourth-order valence-corrected chi connectivity index (χ4v) is 1.89. The average Bonchev–Trinajstić information content (AvgIpc) is 2.71. The third kappa shape index (κ3) is 2.00. The summed E-state index contributed by atoms with van der Waals surface area (Å²) in [5.41, 5.74) is 0. The summed E-state index contributed by atoms with van der Waals surface area (Å²) in [6.45, 7) is 3.34. The first-order valence-electron chi connectivity index (χ1n) is 5.03. The summed E-state index contributed by atoms with van der Waals surface area (Å²) < 4.78 is 0. The van der Waals surface area contributed by atoms with Crippen molar-refractivity contribution in [3.63, 3.8) is 0 Å². The SMILES string of the molecule is O=C([C@@H]1CCCNC1)N1CCCO1. The Bertz CT molecular complexity index is 184. The molecule has 0 aliphatic carbocycles. The lowest BCUT2D eigenvalue weighted by Crippen LogP contribution is -2.41. The molecular weight excluding hydrogens is 168 g/mol. The molecule has 4 nitrogen and oxygen atoms in total. The van der Waals surface area contributed by atoms with Crippen LogP contribution < -0.4 is 5.32 Å². The summed E-state index contributed by atoms with van der Waals surface area (Å²) in [7, 11) is 0. The number of nitrogens with zero attached hydrogens (tertiary/aromatic N) is 1. The van der Waals surface area contributed by atoms with Gasteiger partial charge in [0.2, 0.25) is 0 Å². The molecule has 0 aromatic heterocycles. The Balaban J connectivity index is 1.87. The number of rotatable bonds is 1. The van der Waals surface area contributed by atoms with Crippen LogP contribution in [0.15, 0.2) is 0 Å². The second-order valence-electron chi connectivity index (χ2n) is 3.67. The summed E-state index contributed by atoms with van der Waals surface area (Å²) in [5, 5.41) is 4.78. The van der Waals surface area contributed by atoms with E-state index in [1.54, 1.807) is 0 Å². The molecule has 0 saturated carbocycles. The predicted molar refractivity (Wildman–Crippen MR) is 47.9 cm³/mol. The Morgan fingerprint density at radius 3 is 3.00 bits per heavy atom. The van der Waals surface area contributed by atoms with E-state index in [-0.39, 0.29) is 11.8 Å². The van der Waals surface area contributed by atoms with Crippen LogP contribution >= 0.6 is 0 Å². The standard InChI is InChI=1S/C9H16N2O2/c12-9(11-5-2-6-13-11)8-3-1-4-10-7-8/h8,10H,1-7H2/t8-/m1/s1. The molecule has 74 valence electrons. The molecule has 2 aliphatic heterocycles. The fourth-order valence-electron chi connectivity index (χ4n) is 1.89. The lowest BCUT2D eigenvalue weighted by molar-refractivity contribution is -0.173. The van der Waals surface area contributed by atoms with E-state index in [4.69, 9.17) is 4.84 Å². The van der Waals surface area contributed by atoms with Crippen molar-refractivity contribution in [3.05, 3.63) is 0 Å². The number of piperidine rings is 1. The molecule has 0 aromatic rings. The van der Waals surface area contributed by atoms with Crippen molar-refractivity contribution in [3.8, 4) is 0 Å². The molecule has 0 radical (unpaired) electrons. The zero-order chi connectivity index (χ0) is 9.10. The van der Waals surface area contributed by atoms with Gasteiger partial charge in [0, 0.05) is 6.54 Å². The molecule has 0 unspecified atom stereocenters. The van der Waals surface area contributed by atoms with Gasteiger partial charge < -0.3 is 5.32 Å². The van der Waals surface area contributed by atoms with Crippen LogP contribution in [0.4, 0.5) is 0 Å². The number of amides is 1. The van der Waals surface area contributed by atoms with E-state index in [1.165, 1.54) is 5.06 Å². The van der Waals surface area contributed by atoms with E-state index in [2.05, 4.69) is 5.32 Å². The Labute approximate surface area is 78.2 Å². The molecule has 1 amide bonds. The molecule has 1 N–H and O–H groups in total. The zero-order valence-corrected chi connectivity index (χ0v) is 7.79. The van der Waals surface area contributed by atoms with Crippen molar-refractivity contribution < 1.29 is 9.63 Å². The van der Waals surface area contributed by atoms with Gasteiger partial charge >= 0.3 is 0 Å². The summed E-state index contributed by atoms with van der Waals surface area (Å²) in [6.07, 6.45) is 3.09. The highest BCUT2D eigenvalue weighted by atomic mass is 16.7. The summed E-state index contributed by atoms with van der Waals surface area (Å²) in [5.74, 6) is 0.316. The van der Waals surface area contributed by atoms with Crippen molar-refractivity contribution >= 4 is 5.91 Å². The van der Waals surface area contributed by atoms with Gasteiger partial charge in [0.05, 0.1) is 19.1 Å². The highest BCUT2D eigenvalue weighted by Crippen LogP contribution is 2.16. The van der Waals surface area contributed by atoms with Crippen LogP contribution in [0.25, 0.3) is 0 Å². The van der Waals surface area contributed by atoms with Gasteiger partial charge in [0.1, 0.15) is 0 Å². The number of carbonyl (C=O) groups excluding carboxylic acids is 1. The molecule has 13 heavy (non-hydrogen) atoms. The summed E-state index contributed by atoms with van der Waals surface area (Å²) in [6, 6.07) is 0. The van der Waals surface area contributed by atoms with E-state index >= 15 is 0 Å². The lowest BCUT2D eigenvalue weighted by atomic mass is 9.99. The Morgan fingerprint density at radius 1 is 1.46 bits per heavy atom. The number of hydrogen-bond donors (Lipinski definition) is 1. The van der Waals surface area contributed by atoms with Crippen LogP contribution in [-0.2, 0) is 9.63 Å². The number of hydroxylamine groups is 2. The van der Waals surface area contributed by atoms with Crippen LogP contribution in [0.1, 0.15) is 19.3 Å². The molecule has 0 spiro atoms. The van der Waals surface area contributed by atoms with Crippen molar-refractivity contribution in [2.24, 2.45) is 5.92 Å². The molecule has 4 heteroatoms. The van der Waals surface area contributed by atoms with Gasteiger partial charge in [0.25, 0.3) is 5.91 Å². The quantitative estimate of drug-likeness (QED) is 0.630. The van der Waals surface area contributed by atoms with E-state index in [0.29, 0.717) is 6.61 Å². The maximum Gasteiger partial charge on any atom is 0.250 e. The van der Waals surface area contributed by atoms with E-state index in [0.717, 1.165) is 38.9 Å². The number of nitrogens with one attached hydrogen (secondary N) is 1. The van der Waals surface area contributed by atoms with Crippen LogP contribution in [0.5, 0.6) is 0 Å². The van der Waals surface area contributed by atoms with Gasteiger partial charge in [-0.1, -0.05) is 0 Å². The molecule has 0 aromatic carbocycles. The smallest absolute Gasteiger partial charge is 0.250 e. The number of hydrogen-bond acceptors (Lipinski definition) is 3. The van der Waals surface area contributed by atoms with Crippen LogP contribution in [0.2, 0.25) is 0 Å². The van der Waals surface area contributed by atoms with E-state index in [1.807, 2.05) is 0 Å². The van der Waals surface area contributed by atoms with E-state index in [9.17, 15) is 4.79 Å². The normalized spacial score (nSPS) is 29.2. The predicted octanol–water partition coefficient (Wildman–Crippen LogP) is 0.150. The molecular formula is C9H16N2O2. The molecule has 2 rings (SSSR count).